The first kappa shape index (κ1) is 15.2. The molecule has 112 valence electrons. The maximum Gasteiger partial charge on any atom is 0.245 e. The third kappa shape index (κ3) is 2.94. The van der Waals surface area contributed by atoms with Crippen LogP contribution in [0.25, 0.3) is 0 Å². The molecule has 1 aromatic rings. The van der Waals surface area contributed by atoms with Crippen molar-refractivity contribution < 1.29 is 17.5 Å². The number of rotatable bonds is 4. The molecule has 5 nitrogen and oxygen atoms in total. The van der Waals surface area contributed by atoms with E-state index in [0.29, 0.717) is 25.6 Å². The molecule has 2 rings (SSSR count). The molecule has 1 saturated heterocycles. The Morgan fingerprint density at radius 3 is 2.65 bits per heavy atom. The number of benzene rings is 1. The van der Waals surface area contributed by atoms with Crippen LogP contribution in [0.4, 0.5) is 10.1 Å². The molecule has 1 aromatic carbocycles. The Kier molecular flexibility index (Phi) is 4.62. The molecule has 1 heterocycles. The smallest absolute Gasteiger partial charge is 0.245 e. The highest BCUT2D eigenvalue weighted by Gasteiger charge is 2.31. The zero-order chi connectivity index (χ0) is 14.8. The van der Waals surface area contributed by atoms with Gasteiger partial charge in [-0.3, -0.25) is 0 Å². The first-order valence-electron chi connectivity index (χ1n) is 6.50. The molecule has 0 saturated carbocycles. The molecule has 0 unspecified atom stereocenters. The number of nitrogen functional groups attached to an aromatic ring is 1. The minimum Gasteiger partial charge on any atom is -0.395 e. The number of ether oxygens (including phenoxy) is 1. The van der Waals surface area contributed by atoms with Gasteiger partial charge in [0.1, 0.15) is 10.7 Å². The number of para-hydroxylation sites is 1. The lowest BCUT2D eigenvalue weighted by atomic mass is 9.99. The van der Waals surface area contributed by atoms with Gasteiger partial charge in [-0.25, -0.2) is 12.8 Å². The minimum atomic E-state index is -3.73. The van der Waals surface area contributed by atoms with Gasteiger partial charge in [-0.15, -0.1) is 0 Å². The van der Waals surface area contributed by atoms with E-state index in [4.69, 9.17) is 10.5 Å². The van der Waals surface area contributed by atoms with Crippen molar-refractivity contribution in [2.45, 2.75) is 17.7 Å². The van der Waals surface area contributed by atoms with Gasteiger partial charge >= 0.3 is 0 Å². The van der Waals surface area contributed by atoms with E-state index >= 15 is 0 Å². The Labute approximate surface area is 118 Å². The fourth-order valence-corrected chi connectivity index (χ4v) is 4.03. The van der Waals surface area contributed by atoms with Crippen LogP contribution in [0.15, 0.2) is 23.1 Å². The summed E-state index contributed by atoms with van der Waals surface area (Å²) in [7, 11) is -2.09. The molecular formula is C13H19FN2O3S. The van der Waals surface area contributed by atoms with E-state index in [0.717, 1.165) is 18.9 Å². The lowest BCUT2D eigenvalue weighted by Gasteiger charge is -2.31. The van der Waals surface area contributed by atoms with Crippen molar-refractivity contribution in [1.82, 2.24) is 4.31 Å². The zero-order valence-electron chi connectivity index (χ0n) is 11.4. The Morgan fingerprint density at radius 2 is 2.05 bits per heavy atom. The zero-order valence-corrected chi connectivity index (χ0v) is 12.2. The summed E-state index contributed by atoms with van der Waals surface area (Å²) in [6, 6.07) is 3.85. The summed E-state index contributed by atoms with van der Waals surface area (Å²) in [6.45, 7) is 1.45. The number of sulfonamides is 1. The van der Waals surface area contributed by atoms with Crippen molar-refractivity contribution in [3.63, 3.8) is 0 Å². The molecule has 0 spiro atoms. The number of methoxy groups -OCH3 is 1. The van der Waals surface area contributed by atoms with Gasteiger partial charge in [0.05, 0.1) is 5.69 Å². The number of nitrogens with two attached hydrogens (primary N) is 1. The van der Waals surface area contributed by atoms with Crippen LogP contribution >= 0.6 is 0 Å². The van der Waals surface area contributed by atoms with E-state index in [1.54, 1.807) is 7.11 Å². The molecule has 0 atom stereocenters. The SMILES string of the molecule is COCC1CCN(S(=O)(=O)c2cccc(F)c2N)CC1. The fourth-order valence-electron chi connectivity index (χ4n) is 2.43. The van der Waals surface area contributed by atoms with Crippen LogP contribution in [0, 0.1) is 11.7 Å². The average molecular weight is 302 g/mol. The molecule has 1 aliphatic rings. The maximum atomic E-state index is 13.4. The third-order valence-corrected chi connectivity index (χ3v) is 5.56. The molecule has 0 bridgehead atoms. The van der Waals surface area contributed by atoms with Crippen molar-refractivity contribution in [2.75, 3.05) is 32.5 Å². The molecule has 1 fully saturated rings. The highest BCUT2D eigenvalue weighted by Crippen LogP contribution is 2.28. The standard InChI is InChI=1S/C13H19FN2O3S/c1-19-9-10-5-7-16(8-6-10)20(17,18)12-4-2-3-11(14)13(12)15/h2-4,10H,5-9,15H2,1H3. The van der Waals surface area contributed by atoms with Crippen LogP contribution in [0.2, 0.25) is 0 Å². The Hall–Kier alpha value is -1.18. The molecule has 2 N–H and O–H groups in total. The van der Waals surface area contributed by atoms with E-state index in [9.17, 15) is 12.8 Å². The van der Waals surface area contributed by atoms with E-state index in [-0.39, 0.29) is 10.6 Å². The van der Waals surface area contributed by atoms with Crippen LogP contribution in [0.1, 0.15) is 12.8 Å². The van der Waals surface area contributed by atoms with Gasteiger partial charge < -0.3 is 10.5 Å². The van der Waals surface area contributed by atoms with Gasteiger partial charge in [0.15, 0.2) is 0 Å². The maximum absolute atomic E-state index is 13.4. The molecule has 0 radical (unpaired) electrons. The Bertz CT molecular complexity index is 569. The molecule has 0 amide bonds. The lowest BCUT2D eigenvalue weighted by molar-refractivity contribution is 0.121. The van der Waals surface area contributed by atoms with Crippen molar-refractivity contribution in [3.8, 4) is 0 Å². The molecular weight excluding hydrogens is 283 g/mol. The largest absolute Gasteiger partial charge is 0.395 e. The van der Waals surface area contributed by atoms with Gasteiger partial charge in [-0.1, -0.05) is 6.07 Å². The van der Waals surface area contributed by atoms with Gasteiger partial charge in [0.2, 0.25) is 10.0 Å². The van der Waals surface area contributed by atoms with Crippen molar-refractivity contribution in [3.05, 3.63) is 24.0 Å². The van der Waals surface area contributed by atoms with Crippen molar-refractivity contribution >= 4 is 15.7 Å². The number of halogens is 1. The van der Waals surface area contributed by atoms with E-state index < -0.39 is 15.8 Å². The summed E-state index contributed by atoms with van der Waals surface area (Å²) in [4.78, 5) is -0.150. The van der Waals surface area contributed by atoms with Crippen LogP contribution in [-0.4, -0.2) is 39.5 Å². The summed E-state index contributed by atoms with van der Waals surface area (Å²) < 4.78 is 44.8. The molecule has 20 heavy (non-hydrogen) atoms. The summed E-state index contributed by atoms with van der Waals surface area (Å²) in [5.74, 6) is -0.336. The predicted molar refractivity (Wildman–Crippen MR) is 74.2 cm³/mol. The second-order valence-corrected chi connectivity index (χ2v) is 6.86. The Balaban J connectivity index is 2.18. The summed E-state index contributed by atoms with van der Waals surface area (Å²) >= 11 is 0. The van der Waals surface area contributed by atoms with Crippen LogP contribution in [0.3, 0.4) is 0 Å². The van der Waals surface area contributed by atoms with Crippen LogP contribution < -0.4 is 5.73 Å². The van der Waals surface area contributed by atoms with Crippen molar-refractivity contribution in [1.29, 1.82) is 0 Å². The van der Waals surface area contributed by atoms with Crippen LogP contribution in [-0.2, 0) is 14.8 Å². The normalized spacial score (nSPS) is 18.3. The monoisotopic (exact) mass is 302 g/mol. The highest BCUT2D eigenvalue weighted by atomic mass is 32.2. The third-order valence-electron chi connectivity index (χ3n) is 3.61. The predicted octanol–water partition coefficient (Wildman–Crippen LogP) is 1.45. The summed E-state index contributed by atoms with van der Waals surface area (Å²) in [5, 5.41) is 0. The number of piperidine rings is 1. The van der Waals surface area contributed by atoms with E-state index in [1.807, 2.05) is 0 Å². The second-order valence-electron chi connectivity index (χ2n) is 4.95. The van der Waals surface area contributed by atoms with E-state index in [1.165, 1.54) is 16.4 Å². The van der Waals surface area contributed by atoms with Gasteiger partial charge in [-0.05, 0) is 30.9 Å². The number of anilines is 1. The van der Waals surface area contributed by atoms with E-state index in [2.05, 4.69) is 0 Å². The van der Waals surface area contributed by atoms with Gasteiger partial charge in [-0.2, -0.15) is 4.31 Å². The first-order valence-corrected chi connectivity index (χ1v) is 7.94. The fraction of sp³-hybridized carbons (Fsp3) is 0.538. The van der Waals surface area contributed by atoms with Crippen LogP contribution in [0.5, 0.6) is 0 Å². The topological polar surface area (TPSA) is 72.6 Å². The number of hydrogen-bond donors (Lipinski definition) is 1. The summed E-state index contributed by atoms with van der Waals surface area (Å²) in [5.41, 5.74) is 5.24. The molecule has 1 aliphatic heterocycles. The quantitative estimate of drug-likeness (QED) is 0.855. The van der Waals surface area contributed by atoms with Crippen molar-refractivity contribution in [2.24, 2.45) is 5.92 Å². The molecule has 0 aliphatic carbocycles. The van der Waals surface area contributed by atoms with Gasteiger partial charge in [0, 0.05) is 26.8 Å². The summed E-state index contributed by atoms with van der Waals surface area (Å²) in [6.07, 6.45) is 1.48. The number of hydrogen-bond acceptors (Lipinski definition) is 4. The number of nitrogens with zero attached hydrogens (tertiary/aromatic N) is 1. The minimum absolute atomic E-state index is 0.150. The lowest BCUT2D eigenvalue weighted by Crippen LogP contribution is -2.39. The first-order chi connectivity index (χ1) is 9.46. The highest BCUT2D eigenvalue weighted by molar-refractivity contribution is 7.89. The average Bonchev–Trinajstić information content (AvgIpc) is 2.42. The molecule has 7 heteroatoms. The van der Waals surface area contributed by atoms with Gasteiger partial charge in [0.25, 0.3) is 0 Å². The molecule has 0 aromatic heterocycles. The Morgan fingerprint density at radius 1 is 1.40 bits per heavy atom. The second kappa shape index (κ2) is 6.07.